The van der Waals surface area contributed by atoms with E-state index < -0.39 is 0 Å². The zero-order valence-corrected chi connectivity index (χ0v) is 8.84. The molecule has 1 aliphatic carbocycles. The van der Waals surface area contributed by atoms with Crippen LogP contribution in [-0.2, 0) is 4.74 Å². The molecule has 2 nitrogen and oxygen atoms in total. The Kier molecular flexibility index (Phi) is 3.94. The zero-order chi connectivity index (χ0) is 9.84. The lowest BCUT2D eigenvalue weighted by Crippen LogP contribution is -2.19. The van der Waals surface area contributed by atoms with Crippen LogP contribution in [0.15, 0.2) is 11.1 Å². The Morgan fingerprint density at radius 2 is 2.23 bits per heavy atom. The van der Waals surface area contributed by atoms with Crippen molar-refractivity contribution in [2.24, 2.45) is 5.92 Å². The number of ether oxygens (including phenoxy) is 1. The second kappa shape index (κ2) is 4.77. The highest BCUT2D eigenvalue weighted by Gasteiger charge is 2.20. The summed E-state index contributed by atoms with van der Waals surface area (Å²) >= 11 is 0. The third kappa shape index (κ3) is 2.82. The summed E-state index contributed by atoms with van der Waals surface area (Å²) in [5, 5.41) is 9.52. The minimum absolute atomic E-state index is 0.146. The number of hydrogen-bond donors (Lipinski definition) is 1. The standard InChI is InChI=1S/C11H20O2/c1-8(2)11-5-4-10(12)6-9(11)7-13-3/h8,10,12H,4-7H2,1-3H3. The van der Waals surface area contributed by atoms with Gasteiger partial charge in [-0.3, -0.25) is 0 Å². The maximum Gasteiger partial charge on any atom is 0.0676 e. The van der Waals surface area contributed by atoms with E-state index in [4.69, 9.17) is 4.74 Å². The summed E-state index contributed by atoms with van der Waals surface area (Å²) in [6.45, 7) is 5.11. The molecule has 1 rings (SSSR count). The first kappa shape index (κ1) is 10.7. The summed E-state index contributed by atoms with van der Waals surface area (Å²) < 4.78 is 5.14. The molecule has 0 bridgehead atoms. The van der Waals surface area contributed by atoms with E-state index in [-0.39, 0.29) is 6.10 Å². The molecule has 0 aromatic heterocycles. The van der Waals surface area contributed by atoms with Gasteiger partial charge in [-0.2, -0.15) is 0 Å². The number of rotatable bonds is 3. The number of allylic oxidation sites excluding steroid dienone is 1. The average Bonchev–Trinajstić information content (AvgIpc) is 2.04. The molecule has 0 aromatic carbocycles. The maximum atomic E-state index is 9.52. The van der Waals surface area contributed by atoms with E-state index >= 15 is 0 Å². The minimum Gasteiger partial charge on any atom is -0.393 e. The second-order valence-corrected chi connectivity index (χ2v) is 4.11. The lowest BCUT2D eigenvalue weighted by molar-refractivity contribution is 0.142. The molecule has 0 aliphatic heterocycles. The largest absolute Gasteiger partial charge is 0.393 e. The molecule has 2 heteroatoms. The van der Waals surface area contributed by atoms with E-state index in [2.05, 4.69) is 13.8 Å². The van der Waals surface area contributed by atoms with Crippen LogP contribution in [0.3, 0.4) is 0 Å². The third-order valence-corrected chi connectivity index (χ3v) is 2.70. The fraction of sp³-hybridized carbons (Fsp3) is 0.818. The highest BCUT2D eigenvalue weighted by molar-refractivity contribution is 5.20. The Morgan fingerprint density at radius 1 is 1.54 bits per heavy atom. The first-order valence-electron chi connectivity index (χ1n) is 5.03. The number of methoxy groups -OCH3 is 1. The van der Waals surface area contributed by atoms with Crippen LogP contribution in [0.2, 0.25) is 0 Å². The summed E-state index contributed by atoms with van der Waals surface area (Å²) in [6.07, 6.45) is 2.62. The van der Waals surface area contributed by atoms with E-state index in [1.54, 1.807) is 7.11 Å². The number of hydrogen-bond acceptors (Lipinski definition) is 2. The maximum absolute atomic E-state index is 9.52. The van der Waals surface area contributed by atoms with Crippen molar-refractivity contribution in [3.8, 4) is 0 Å². The van der Waals surface area contributed by atoms with Crippen LogP contribution < -0.4 is 0 Å². The van der Waals surface area contributed by atoms with E-state index in [0.29, 0.717) is 12.5 Å². The Morgan fingerprint density at radius 3 is 2.77 bits per heavy atom. The van der Waals surface area contributed by atoms with E-state index in [0.717, 1.165) is 19.3 Å². The van der Waals surface area contributed by atoms with Crippen LogP contribution >= 0.6 is 0 Å². The Labute approximate surface area is 80.6 Å². The quantitative estimate of drug-likeness (QED) is 0.681. The molecular formula is C11H20O2. The van der Waals surface area contributed by atoms with Gasteiger partial charge in [0.1, 0.15) is 0 Å². The normalized spacial score (nSPS) is 24.2. The van der Waals surface area contributed by atoms with Gasteiger partial charge in [0.05, 0.1) is 12.7 Å². The van der Waals surface area contributed by atoms with Gasteiger partial charge in [0, 0.05) is 7.11 Å². The fourth-order valence-electron chi connectivity index (χ4n) is 2.04. The molecule has 1 N–H and O–H groups in total. The fourth-order valence-corrected chi connectivity index (χ4v) is 2.04. The van der Waals surface area contributed by atoms with Gasteiger partial charge in [-0.25, -0.2) is 0 Å². The smallest absolute Gasteiger partial charge is 0.0676 e. The van der Waals surface area contributed by atoms with E-state index in [1.807, 2.05) is 0 Å². The molecule has 0 aromatic rings. The predicted octanol–water partition coefficient (Wildman–Crippen LogP) is 2.13. The van der Waals surface area contributed by atoms with Crippen molar-refractivity contribution in [2.45, 2.75) is 39.2 Å². The van der Waals surface area contributed by atoms with Crippen LogP contribution in [0.4, 0.5) is 0 Å². The van der Waals surface area contributed by atoms with E-state index in [9.17, 15) is 5.11 Å². The van der Waals surface area contributed by atoms with Gasteiger partial charge in [-0.1, -0.05) is 19.4 Å². The Balaban J connectivity index is 2.74. The molecule has 0 heterocycles. The summed E-state index contributed by atoms with van der Waals surface area (Å²) in [6, 6.07) is 0. The van der Waals surface area contributed by atoms with Crippen molar-refractivity contribution in [3.05, 3.63) is 11.1 Å². The van der Waals surface area contributed by atoms with Gasteiger partial charge in [-0.05, 0) is 30.8 Å². The van der Waals surface area contributed by atoms with Gasteiger partial charge < -0.3 is 9.84 Å². The third-order valence-electron chi connectivity index (χ3n) is 2.70. The molecule has 0 amide bonds. The first-order chi connectivity index (χ1) is 6.15. The van der Waals surface area contributed by atoms with Gasteiger partial charge in [-0.15, -0.1) is 0 Å². The first-order valence-corrected chi connectivity index (χ1v) is 5.03. The summed E-state index contributed by atoms with van der Waals surface area (Å²) in [7, 11) is 1.71. The predicted molar refractivity (Wildman–Crippen MR) is 53.6 cm³/mol. The molecule has 13 heavy (non-hydrogen) atoms. The van der Waals surface area contributed by atoms with Crippen molar-refractivity contribution >= 4 is 0 Å². The molecular weight excluding hydrogens is 164 g/mol. The summed E-state index contributed by atoms with van der Waals surface area (Å²) in [5.41, 5.74) is 2.81. The average molecular weight is 184 g/mol. The topological polar surface area (TPSA) is 29.5 Å². The van der Waals surface area contributed by atoms with Gasteiger partial charge >= 0.3 is 0 Å². The van der Waals surface area contributed by atoms with Crippen molar-refractivity contribution in [1.82, 2.24) is 0 Å². The molecule has 1 atom stereocenters. The molecule has 1 unspecified atom stereocenters. The van der Waals surface area contributed by atoms with Gasteiger partial charge in [0.2, 0.25) is 0 Å². The van der Waals surface area contributed by atoms with Crippen LogP contribution in [0.5, 0.6) is 0 Å². The highest BCUT2D eigenvalue weighted by atomic mass is 16.5. The molecule has 0 saturated heterocycles. The second-order valence-electron chi connectivity index (χ2n) is 4.11. The van der Waals surface area contributed by atoms with Crippen LogP contribution in [0.25, 0.3) is 0 Å². The van der Waals surface area contributed by atoms with Crippen molar-refractivity contribution in [3.63, 3.8) is 0 Å². The highest BCUT2D eigenvalue weighted by Crippen LogP contribution is 2.30. The SMILES string of the molecule is COCC1=C(C(C)C)CCC(O)C1. The monoisotopic (exact) mass is 184 g/mol. The molecule has 0 fully saturated rings. The summed E-state index contributed by atoms with van der Waals surface area (Å²) in [5.74, 6) is 0.595. The Bertz CT molecular complexity index is 194. The van der Waals surface area contributed by atoms with Crippen molar-refractivity contribution in [2.75, 3.05) is 13.7 Å². The van der Waals surface area contributed by atoms with E-state index in [1.165, 1.54) is 11.1 Å². The van der Waals surface area contributed by atoms with Crippen LogP contribution in [-0.4, -0.2) is 24.9 Å². The molecule has 0 radical (unpaired) electrons. The van der Waals surface area contributed by atoms with Gasteiger partial charge in [0.25, 0.3) is 0 Å². The number of aliphatic hydroxyl groups is 1. The molecule has 0 saturated carbocycles. The molecule has 1 aliphatic rings. The molecule has 76 valence electrons. The Hall–Kier alpha value is -0.340. The van der Waals surface area contributed by atoms with Crippen molar-refractivity contribution in [1.29, 1.82) is 0 Å². The van der Waals surface area contributed by atoms with Crippen LogP contribution in [0.1, 0.15) is 33.1 Å². The minimum atomic E-state index is -0.146. The lowest BCUT2D eigenvalue weighted by atomic mass is 9.84. The van der Waals surface area contributed by atoms with Crippen molar-refractivity contribution < 1.29 is 9.84 Å². The summed E-state index contributed by atoms with van der Waals surface area (Å²) in [4.78, 5) is 0. The zero-order valence-electron chi connectivity index (χ0n) is 8.84. The van der Waals surface area contributed by atoms with Gasteiger partial charge in [0.15, 0.2) is 0 Å². The molecule has 0 spiro atoms. The lowest BCUT2D eigenvalue weighted by Gasteiger charge is -2.26. The van der Waals surface area contributed by atoms with Crippen LogP contribution in [0, 0.1) is 5.92 Å². The number of aliphatic hydroxyl groups excluding tert-OH is 1.